The lowest BCUT2D eigenvalue weighted by Crippen LogP contribution is -2.04. The van der Waals surface area contributed by atoms with Gasteiger partial charge in [-0.1, -0.05) is 64.0 Å². The van der Waals surface area contributed by atoms with Gasteiger partial charge in [-0.25, -0.2) is 0 Å². The topological polar surface area (TPSA) is 57.5 Å². The zero-order valence-electron chi connectivity index (χ0n) is 14.6. The maximum atomic E-state index is 10.5. The molecule has 0 aromatic heterocycles. The average Bonchev–Trinajstić information content (AvgIpc) is 2.49. The summed E-state index contributed by atoms with van der Waals surface area (Å²) in [4.78, 5) is 10.5. The number of carboxylic acids is 1. The van der Waals surface area contributed by atoms with Crippen LogP contribution in [0.3, 0.4) is 0 Å². The van der Waals surface area contributed by atoms with Crippen molar-refractivity contribution in [3.05, 3.63) is 12.2 Å². The molecule has 0 aromatic rings. The van der Waals surface area contributed by atoms with E-state index in [-0.39, 0.29) is 6.10 Å². The van der Waals surface area contributed by atoms with Crippen molar-refractivity contribution in [3.8, 4) is 0 Å². The number of carboxylic acid groups (broad SMARTS) is 1. The van der Waals surface area contributed by atoms with Crippen molar-refractivity contribution in [2.45, 2.75) is 96.5 Å². The molecule has 0 aromatic carbocycles. The molecule has 0 rings (SSSR count). The molecule has 124 valence electrons. The second kappa shape index (κ2) is 15.6. The van der Waals surface area contributed by atoms with Crippen molar-refractivity contribution in [3.63, 3.8) is 0 Å². The lowest BCUT2D eigenvalue weighted by molar-refractivity contribution is -0.137. The predicted octanol–water partition coefficient (Wildman–Crippen LogP) is 5.08. The predicted molar refractivity (Wildman–Crippen MR) is 88.5 cm³/mol. The SMILES string of the molecule is [2H]C(CCCCCC/C=C\C[C@H](O)CCCCCC)C(=O)O. The number of hydrogen-bond donors (Lipinski definition) is 2. The maximum absolute atomic E-state index is 10.5. The van der Waals surface area contributed by atoms with Crippen LogP contribution in [-0.4, -0.2) is 22.3 Å². The molecule has 0 aliphatic carbocycles. The zero-order valence-corrected chi connectivity index (χ0v) is 13.6. The molecule has 0 radical (unpaired) electrons. The Balaban J connectivity index is 3.34. The number of rotatable bonds is 15. The van der Waals surface area contributed by atoms with Crippen molar-refractivity contribution in [1.82, 2.24) is 0 Å². The number of carbonyl (C=O) groups is 1. The molecule has 0 bridgehead atoms. The standard InChI is InChI=1S/C18H34O3/c1-2-3-4-11-14-17(19)15-12-9-7-5-6-8-10-13-16-18(20)21/h9,12,17,19H,2-8,10-11,13-16H2,1H3,(H,20,21)/b12-9-/t17-/m1/s1/i16D/t16?,17-. The minimum atomic E-state index is -1.02. The van der Waals surface area contributed by atoms with E-state index < -0.39 is 12.4 Å². The van der Waals surface area contributed by atoms with Crippen LogP contribution >= 0.6 is 0 Å². The summed E-state index contributed by atoms with van der Waals surface area (Å²) >= 11 is 0. The molecular formula is C18H34O3. The minimum Gasteiger partial charge on any atom is -0.481 e. The molecule has 0 fully saturated rings. The molecule has 3 nitrogen and oxygen atoms in total. The van der Waals surface area contributed by atoms with Crippen LogP contribution in [0.25, 0.3) is 0 Å². The number of unbranched alkanes of at least 4 members (excludes halogenated alkanes) is 7. The molecule has 1 unspecified atom stereocenters. The second-order valence-electron chi connectivity index (χ2n) is 5.74. The molecule has 0 saturated heterocycles. The van der Waals surface area contributed by atoms with E-state index in [9.17, 15) is 9.90 Å². The molecule has 0 spiro atoms. The highest BCUT2D eigenvalue weighted by Gasteiger charge is 2.00. The first-order chi connectivity index (χ1) is 10.6. The van der Waals surface area contributed by atoms with Gasteiger partial charge in [-0.15, -0.1) is 0 Å². The summed E-state index contributed by atoms with van der Waals surface area (Å²) in [6, 6.07) is 0. The fraction of sp³-hybridized carbons (Fsp3) is 0.833. The Labute approximate surface area is 131 Å². The van der Waals surface area contributed by atoms with Gasteiger partial charge < -0.3 is 10.2 Å². The van der Waals surface area contributed by atoms with Crippen LogP contribution in [0.4, 0.5) is 0 Å². The van der Waals surface area contributed by atoms with Crippen LogP contribution in [0.1, 0.15) is 91.7 Å². The lowest BCUT2D eigenvalue weighted by atomic mass is 10.1. The number of aliphatic carboxylic acids is 1. The smallest absolute Gasteiger partial charge is 0.303 e. The summed E-state index contributed by atoms with van der Waals surface area (Å²) < 4.78 is 7.28. The Bertz CT molecular complexity index is 292. The van der Waals surface area contributed by atoms with Gasteiger partial charge >= 0.3 is 5.97 Å². The van der Waals surface area contributed by atoms with E-state index in [1.165, 1.54) is 19.3 Å². The van der Waals surface area contributed by atoms with Crippen molar-refractivity contribution in [2.24, 2.45) is 0 Å². The number of aliphatic hydroxyl groups is 1. The molecule has 0 aliphatic heterocycles. The second-order valence-corrected chi connectivity index (χ2v) is 5.74. The first kappa shape index (κ1) is 18.2. The van der Waals surface area contributed by atoms with E-state index in [1.54, 1.807) is 0 Å². The van der Waals surface area contributed by atoms with Gasteiger partial charge in [-0.05, 0) is 32.1 Å². The molecule has 0 heterocycles. The third kappa shape index (κ3) is 17.1. The van der Waals surface area contributed by atoms with E-state index in [0.717, 1.165) is 51.4 Å². The van der Waals surface area contributed by atoms with Crippen molar-refractivity contribution in [2.75, 3.05) is 0 Å². The van der Waals surface area contributed by atoms with Gasteiger partial charge in [0, 0.05) is 7.77 Å². The van der Waals surface area contributed by atoms with Crippen molar-refractivity contribution in [1.29, 1.82) is 0 Å². The Hall–Kier alpha value is -0.830. The normalized spacial score (nSPS) is 15.0. The molecule has 3 heteroatoms. The highest BCUT2D eigenvalue weighted by Crippen LogP contribution is 2.10. The fourth-order valence-corrected chi connectivity index (χ4v) is 2.28. The van der Waals surface area contributed by atoms with Gasteiger partial charge in [0.15, 0.2) is 0 Å². The Kier molecular flexibility index (Phi) is 13.5. The molecule has 0 amide bonds. The van der Waals surface area contributed by atoms with Crippen LogP contribution < -0.4 is 0 Å². The molecule has 21 heavy (non-hydrogen) atoms. The van der Waals surface area contributed by atoms with Crippen LogP contribution in [0.2, 0.25) is 0 Å². The van der Waals surface area contributed by atoms with Crippen LogP contribution in [-0.2, 0) is 4.79 Å². The summed E-state index contributed by atoms with van der Waals surface area (Å²) in [6.45, 7) is 2.19. The van der Waals surface area contributed by atoms with Gasteiger partial charge in [-0.2, -0.15) is 0 Å². The van der Waals surface area contributed by atoms with Gasteiger partial charge in [0.05, 0.1) is 6.10 Å². The van der Waals surface area contributed by atoms with Crippen LogP contribution in [0.5, 0.6) is 0 Å². The van der Waals surface area contributed by atoms with Gasteiger partial charge in [0.25, 0.3) is 0 Å². The summed E-state index contributed by atoms with van der Waals surface area (Å²) in [7, 11) is 0. The van der Waals surface area contributed by atoms with Crippen LogP contribution in [0.15, 0.2) is 12.2 Å². The number of hydrogen-bond acceptors (Lipinski definition) is 2. The quantitative estimate of drug-likeness (QED) is 0.327. The van der Waals surface area contributed by atoms with Crippen molar-refractivity contribution < 1.29 is 16.4 Å². The average molecular weight is 299 g/mol. The first-order valence-electron chi connectivity index (χ1n) is 9.13. The van der Waals surface area contributed by atoms with E-state index in [0.29, 0.717) is 6.42 Å². The summed E-state index contributed by atoms with van der Waals surface area (Å²) in [6.07, 6.45) is 15.0. The lowest BCUT2D eigenvalue weighted by Gasteiger charge is -2.07. The summed E-state index contributed by atoms with van der Waals surface area (Å²) in [5.74, 6) is -1.02. The van der Waals surface area contributed by atoms with Gasteiger partial charge in [-0.3, -0.25) is 4.79 Å². The molecule has 0 aliphatic rings. The Morgan fingerprint density at radius 3 is 2.43 bits per heavy atom. The van der Waals surface area contributed by atoms with Gasteiger partial charge in [0.2, 0.25) is 0 Å². The highest BCUT2D eigenvalue weighted by molar-refractivity contribution is 5.66. The minimum absolute atomic E-state index is 0.196. The molecular weight excluding hydrogens is 264 g/mol. The Morgan fingerprint density at radius 2 is 1.71 bits per heavy atom. The monoisotopic (exact) mass is 299 g/mol. The Morgan fingerprint density at radius 1 is 1.05 bits per heavy atom. The van der Waals surface area contributed by atoms with E-state index in [2.05, 4.69) is 19.1 Å². The zero-order chi connectivity index (χ0) is 16.6. The highest BCUT2D eigenvalue weighted by atomic mass is 16.4. The van der Waals surface area contributed by atoms with E-state index >= 15 is 0 Å². The molecule has 0 saturated carbocycles. The maximum Gasteiger partial charge on any atom is 0.303 e. The fourth-order valence-electron chi connectivity index (χ4n) is 2.28. The number of aliphatic hydroxyl groups excluding tert-OH is 1. The van der Waals surface area contributed by atoms with Crippen molar-refractivity contribution >= 4 is 5.97 Å². The van der Waals surface area contributed by atoms with E-state index in [1.807, 2.05) is 0 Å². The van der Waals surface area contributed by atoms with Gasteiger partial charge in [0.1, 0.15) is 0 Å². The first-order valence-corrected chi connectivity index (χ1v) is 8.56. The van der Waals surface area contributed by atoms with E-state index in [4.69, 9.17) is 6.48 Å². The van der Waals surface area contributed by atoms with Crippen LogP contribution in [0, 0.1) is 0 Å². The molecule has 2 atom stereocenters. The molecule has 2 N–H and O–H groups in total. The third-order valence-corrected chi connectivity index (χ3v) is 3.61. The number of allylic oxidation sites excluding steroid dienone is 1. The third-order valence-electron chi connectivity index (χ3n) is 3.61. The summed E-state index contributed by atoms with van der Waals surface area (Å²) in [5, 5.41) is 18.4. The summed E-state index contributed by atoms with van der Waals surface area (Å²) in [5.41, 5.74) is 0. The largest absolute Gasteiger partial charge is 0.481 e.